The Balaban J connectivity index is 1.62. The van der Waals surface area contributed by atoms with Crippen molar-refractivity contribution in [1.82, 2.24) is 14.6 Å². The van der Waals surface area contributed by atoms with Crippen LogP contribution in [-0.4, -0.2) is 31.7 Å². The Hall–Kier alpha value is -3.39. The zero-order valence-electron chi connectivity index (χ0n) is 19.4. The molecule has 1 unspecified atom stereocenters. The first-order valence-electron chi connectivity index (χ1n) is 10.9. The average molecular weight is 462 g/mol. The molecule has 4 aromatic rings. The molecule has 33 heavy (non-hydrogen) atoms. The van der Waals surface area contributed by atoms with Crippen LogP contribution in [0, 0.1) is 20.8 Å². The van der Waals surface area contributed by atoms with E-state index in [1.54, 1.807) is 24.3 Å². The van der Waals surface area contributed by atoms with E-state index in [1.807, 2.05) is 13.0 Å². The van der Waals surface area contributed by atoms with Gasteiger partial charge >= 0.3 is 0 Å². The number of nitrogens with one attached hydrogen (secondary N) is 2. The molecular formula is C25H27N5O2S. The summed E-state index contributed by atoms with van der Waals surface area (Å²) in [5.41, 5.74) is 6.72. The van der Waals surface area contributed by atoms with Crippen molar-refractivity contribution in [3.05, 3.63) is 59.2 Å². The van der Waals surface area contributed by atoms with Gasteiger partial charge in [0.05, 0.1) is 10.8 Å². The highest BCUT2D eigenvalue weighted by molar-refractivity contribution is 8.00. The second-order valence-corrected chi connectivity index (χ2v) is 9.41. The third kappa shape index (κ3) is 4.71. The Morgan fingerprint density at radius 3 is 2.27 bits per heavy atom. The van der Waals surface area contributed by atoms with Crippen LogP contribution in [0.1, 0.15) is 37.0 Å². The first-order valence-corrected chi connectivity index (χ1v) is 11.8. The van der Waals surface area contributed by atoms with Crippen LogP contribution in [0.4, 0.5) is 11.4 Å². The van der Waals surface area contributed by atoms with Crippen molar-refractivity contribution in [2.75, 3.05) is 10.6 Å². The zero-order valence-corrected chi connectivity index (χ0v) is 20.2. The van der Waals surface area contributed by atoms with Gasteiger partial charge in [-0.05, 0) is 74.7 Å². The normalized spacial score (nSPS) is 12.2. The predicted molar refractivity (Wildman–Crippen MR) is 134 cm³/mol. The molecular weight excluding hydrogens is 434 g/mol. The number of anilines is 2. The van der Waals surface area contributed by atoms with Crippen LogP contribution in [0.5, 0.6) is 0 Å². The number of fused-ring (bicyclic) bond motifs is 3. The molecule has 2 heterocycles. The molecule has 0 aliphatic heterocycles. The number of pyridine rings is 1. The number of nitrogens with zero attached hydrogens (tertiary/aromatic N) is 3. The first kappa shape index (κ1) is 22.8. The van der Waals surface area contributed by atoms with Gasteiger partial charge in [-0.25, -0.2) is 0 Å². The number of rotatable bonds is 6. The third-order valence-electron chi connectivity index (χ3n) is 5.48. The molecule has 0 aliphatic rings. The van der Waals surface area contributed by atoms with Gasteiger partial charge in [-0.1, -0.05) is 30.3 Å². The van der Waals surface area contributed by atoms with Gasteiger partial charge in [0.25, 0.3) is 0 Å². The highest BCUT2D eigenvalue weighted by Gasteiger charge is 2.22. The molecule has 0 aliphatic carbocycles. The van der Waals surface area contributed by atoms with Gasteiger partial charge in [0.15, 0.2) is 10.8 Å². The molecule has 0 bridgehead atoms. The number of hydrogen-bond donors (Lipinski definition) is 2. The maximum atomic E-state index is 13.0. The molecule has 0 saturated carbocycles. The second kappa shape index (κ2) is 9.23. The number of hydrogen-bond acceptors (Lipinski definition) is 5. The van der Waals surface area contributed by atoms with E-state index in [0.717, 1.165) is 22.3 Å². The van der Waals surface area contributed by atoms with Crippen molar-refractivity contribution >= 4 is 51.5 Å². The molecule has 7 nitrogen and oxygen atoms in total. The molecule has 0 fully saturated rings. The van der Waals surface area contributed by atoms with Gasteiger partial charge in [0, 0.05) is 23.7 Å². The molecule has 0 radical (unpaired) electrons. The van der Waals surface area contributed by atoms with Crippen LogP contribution in [0.2, 0.25) is 0 Å². The van der Waals surface area contributed by atoms with Gasteiger partial charge in [-0.3, -0.25) is 14.0 Å². The monoisotopic (exact) mass is 461 g/mol. The highest BCUT2D eigenvalue weighted by atomic mass is 32.2. The quantitative estimate of drug-likeness (QED) is 0.382. The minimum absolute atomic E-state index is 0.101. The van der Waals surface area contributed by atoms with E-state index in [-0.39, 0.29) is 17.1 Å². The maximum absolute atomic E-state index is 13.0. The van der Waals surface area contributed by atoms with Crippen LogP contribution >= 0.6 is 11.8 Å². The molecule has 2 aromatic carbocycles. The Bertz CT molecular complexity index is 1360. The Morgan fingerprint density at radius 2 is 1.64 bits per heavy atom. The summed E-state index contributed by atoms with van der Waals surface area (Å²) in [5, 5.41) is 16.0. The lowest BCUT2D eigenvalue weighted by molar-refractivity contribution is -0.116. The van der Waals surface area contributed by atoms with Gasteiger partial charge in [-0.15, -0.1) is 10.2 Å². The average Bonchev–Trinajstić information content (AvgIpc) is 3.15. The predicted octanol–water partition coefficient (Wildman–Crippen LogP) is 5.28. The van der Waals surface area contributed by atoms with Crippen LogP contribution in [0.3, 0.4) is 0 Å². The Labute approximate surface area is 197 Å². The highest BCUT2D eigenvalue weighted by Crippen LogP contribution is 2.31. The lowest BCUT2D eigenvalue weighted by Crippen LogP contribution is -2.24. The lowest BCUT2D eigenvalue weighted by Gasteiger charge is -2.15. The van der Waals surface area contributed by atoms with E-state index >= 15 is 0 Å². The summed E-state index contributed by atoms with van der Waals surface area (Å²) < 4.78 is 2.06. The smallest absolute Gasteiger partial charge is 0.237 e. The fraction of sp³-hybridized carbons (Fsp3) is 0.280. The topological polar surface area (TPSA) is 88.4 Å². The minimum Gasteiger partial charge on any atom is -0.326 e. The van der Waals surface area contributed by atoms with E-state index in [0.29, 0.717) is 23.0 Å². The summed E-state index contributed by atoms with van der Waals surface area (Å²) >= 11 is 1.42. The van der Waals surface area contributed by atoms with Crippen LogP contribution in [-0.2, 0) is 9.59 Å². The van der Waals surface area contributed by atoms with E-state index in [9.17, 15) is 9.59 Å². The molecule has 4 rings (SSSR count). The molecule has 0 saturated heterocycles. The summed E-state index contributed by atoms with van der Waals surface area (Å²) in [7, 11) is 0. The molecule has 2 amide bonds. The van der Waals surface area contributed by atoms with Crippen molar-refractivity contribution < 1.29 is 9.59 Å². The van der Waals surface area contributed by atoms with Gasteiger partial charge in [0.1, 0.15) is 0 Å². The van der Waals surface area contributed by atoms with Crippen molar-refractivity contribution in [1.29, 1.82) is 0 Å². The summed E-state index contributed by atoms with van der Waals surface area (Å²) in [5.74, 6) is -0.238. The number of thioether (sulfide) groups is 1. The van der Waals surface area contributed by atoms with Crippen LogP contribution in [0.25, 0.3) is 16.6 Å². The molecule has 2 aromatic heterocycles. The van der Waals surface area contributed by atoms with Gasteiger partial charge < -0.3 is 10.6 Å². The SMILES string of the molecule is CCC(Sc1nnc2cc(C)c3cc(C)cc(C)c3n12)C(=O)Nc1ccc(NC(C)=O)cc1. The zero-order chi connectivity index (χ0) is 23.7. The number of aryl methyl sites for hydroxylation is 3. The molecule has 170 valence electrons. The van der Waals surface area contributed by atoms with Crippen molar-refractivity contribution in [3.8, 4) is 0 Å². The fourth-order valence-corrected chi connectivity index (χ4v) is 4.97. The molecule has 0 spiro atoms. The summed E-state index contributed by atoms with van der Waals surface area (Å²) in [6.07, 6.45) is 0.636. The standard InChI is InChI=1S/C25H27N5O2S/c1-6-21(24(32)27-19-9-7-18(8-10-19)26-17(5)31)33-25-29-28-22-13-15(3)20-12-14(2)11-16(4)23(20)30(22)25/h7-13,21H,6H2,1-5H3,(H,26,31)(H,27,32). The third-order valence-corrected chi connectivity index (χ3v) is 6.79. The van der Waals surface area contributed by atoms with Crippen molar-refractivity contribution in [2.45, 2.75) is 51.4 Å². The number of benzene rings is 2. The van der Waals surface area contributed by atoms with E-state index in [1.165, 1.54) is 29.6 Å². The Kier molecular flexibility index (Phi) is 6.37. The molecule has 1 atom stereocenters. The number of carbonyl (C=O) groups is 2. The van der Waals surface area contributed by atoms with Crippen LogP contribution in [0.15, 0.2) is 47.6 Å². The van der Waals surface area contributed by atoms with E-state index in [2.05, 4.69) is 58.1 Å². The lowest BCUT2D eigenvalue weighted by atomic mass is 10.0. The molecule has 8 heteroatoms. The number of amides is 2. The minimum atomic E-state index is -0.338. The first-order chi connectivity index (χ1) is 15.8. The summed E-state index contributed by atoms with van der Waals surface area (Å²) in [6, 6.07) is 13.4. The van der Waals surface area contributed by atoms with Gasteiger partial charge in [0.2, 0.25) is 11.8 Å². The summed E-state index contributed by atoms with van der Waals surface area (Å²) in [6.45, 7) is 9.72. The van der Waals surface area contributed by atoms with Crippen molar-refractivity contribution in [2.24, 2.45) is 0 Å². The Morgan fingerprint density at radius 1 is 0.970 bits per heavy atom. The second-order valence-electron chi connectivity index (χ2n) is 8.24. The van der Waals surface area contributed by atoms with E-state index < -0.39 is 0 Å². The van der Waals surface area contributed by atoms with Gasteiger partial charge in [-0.2, -0.15) is 0 Å². The van der Waals surface area contributed by atoms with Crippen LogP contribution < -0.4 is 10.6 Å². The molecule has 2 N–H and O–H groups in total. The summed E-state index contributed by atoms with van der Waals surface area (Å²) in [4.78, 5) is 24.2. The fourth-order valence-electron chi connectivity index (χ4n) is 4.00. The largest absolute Gasteiger partial charge is 0.326 e. The van der Waals surface area contributed by atoms with Crippen molar-refractivity contribution in [3.63, 3.8) is 0 Å². The van der Waals surface area contributed by atoms with E-state index in [4.69, 9.17) is 0 Å². The number of carbonyl (C=O) groups excluding carboxylic acids is 2. The maximum Gasteiger partial charge on any atom is 0.237 e. The number of aromatic nitrogens is 3.